The summed E-state index contributed by atoms with van der Waals surface area (Å²) in [6.07, 6.45) is 0. The molecule has 0 atom stereocenters. The number of thiophene rings is 1. The number of anilines is 3. The van der Waals surface area contributed by atoms with Crippen LogP contribution >= 0.6 is 11.3 Å². The Morgan fingerprint density at radius 2 is 1.77 bits per heavy atom. The Hall–Kier alpha value is -3.50. The second-order valence-corrected chi connectivity index (χ2v) is 8.01. The van der Waals surface area contributed by atoms with Crippen molar-refractivity contribution in [3.63, 3.8) is 0 Å². The maximum absolute atomic E-state index is 13.1. The SMILES string of the molecule is COc1cccc(C(=O)c2sc(N3CCN(c4ccccc4)CC3)c(C#N)c2N)c1. The van der Waals surface area contributed by atoms with Crippen molar-refractivity contribution in [1.82, 2.24) is 0 Å². The normalized spacial score (nSPS) is 13.7. The number of nitrogen functional groups attached to an aromatic ring is 1. The molecule has 4 rings (SSSR count). The van der Waals surface area contributed by atoms with Crippen LogP contribution in [0.3, 0.4) is 0 Å². The molecule has 30 heavy (non-hydrogen) atoms. The van der Waals surface area contributed by atoms with Crippen LogP contribution in [-0.2, 0) is 0 Å². The highest BCUT2D eigenvalue weighted by molar-refractivity contribution is 7.19. The van der Waals surface area contributed by atoms with Gasteiger partial charge in [-0.15, -0.1) is 11.3 Å². The van der Waals surface area contributed by atoms with Crippen molar-refractivity contribution in [2.24, 2.45) is 0 Å². The summed E-state index contributed by atoms with van der Waals surface area (Å²) in [7, 11) is 1.56. The zero-order valence-corrected chi connectivity index (χ0v) is 17.5. The molecular formula is C23H22N4O2S. The Morgan fingerprint density at radius 3 is 2.43 bits per heavy atom. The molecule has 2 heterocycles. The van der Waals surface area contributed by atoms with Crippen molar-refractivity contribution in [1.29, 1.82) is 5.26 Å². The average Bonchev–Trinajstić information content (AvgIpc) is 3.15. The van der Waals surface area contributed by atoms with Crippen molar-refractivity contribution in [3.05, 3.63) is 70.6 Å². The Labute approximate surface area is 179 Å². The predicted octanol–water partition coefficient (Wildman–Crippen LogP) is 3.77. The Bertz CT molecular complexity index is 1100. The number of rotatable bonds is 5. The van der Waals surface area contributed by atoms with Crippen LogP contribution in [0, 0.1) is 11.3 Å². The van der Waals surface area contributed by atoms with Crippen molar-refractivity contribution < 1.29 is 9.53 Å². The van der Waals surface area contributed by atoms with Crippen LogP contribution in [0.15, 0.2) is 54.6 Å². The first kappa shape index (κ1) is 19.8. The number of nitrogens with two attached hydrogens (primary N) is 1. The van der Waals surface area contributed by atoms with E-state index in [0.29, 0.717) is 21.8 Å². The molecular weight excluding hydrogens is 396 g/mol. The molecule has 7 heteroatoms. The summed E-state index contributed by atoms with van der Waals surface area (Å²) >= 11 is 1.30. The lowest BCUT2D eigenvalue weighted by Gasteiger charge is -2.36. The molecule has 6 nitrogen and oxygen atoms in total. The van der Waals surface area contributed by atoms with Gasteiger partial charge in [0.05, 0.1) is 12.8 Å². The number of para-hydroxylation sites is 1. The van der Waals surface area contributed by atoms with Gasteiger partial charge < -0.3 is 20.3 Å². The number of carbonyl (C=O) groups is 1. The molecule has 0 spiro atoms. The first-order valence-corrected chi connectivity index (χ1v) is 10.5. The van der Waals surface area contributed by atoms with E-state index < -0.39 is 0 Å². The number of benzene rings is 2. The van der Waals surface area contributed by atoms with Gasteiger partial charge >= 0.3 is 0 Å². The first-order valence-electron chi connectivity index (χ1n) is 9.68. The van der Waals surface area contributed by atoms with Crippen LogP contribution in [-0.4, -0.2) is 39.1 Å². The molecule has 0 saturated carbocycles. The van der Waals surface area contributed by atoms with Gasteiger partial charge in [0.25, 0.3) is 0 Å². The topological polar surface area (TPSA) is 82.6 Å². The van der Waals surface area contributed by atoms with Gasteiger partial charge in [0.1, 0.15) is 27.3 Å². The van der Waals surface area contributed by atoms with Gasteiger partial charge in [-0.2, -0.15) is 5.26 Å². The summed E-state index contributed by atoms with van der Waals surface area (Å²) in [6.45, 7) is 3.20. The third kappa shape index (κ3) is 3.70. The molecule has 1 aliphatic rings. The standard InChI is InChI=1S/C23H22N4O2S/c1-29-18-9-5-6-16(14-18)21(28)22-20(25)19(15-24)23(30-22)27-12-10-26(11-13-27)17-7-3-2-4-8-17/h2-9,14H,10-13,25H2,1H3. The molecule has 1 saturated heterocycles. The van der Waals surface area contributed by atoms with E-state index in [1.165, 1.54) is 17.0 Å². The van der Waals surface area contributed by atoms with Crippen molar-refractivity contribution in [3.8, 4) is 11.8 Å². The summed E-state index contributed by atoms with van der Waals surface area (Å²) in [4.78, 5) is 18.0. The molecule has 152 valence electrons. The summed E-state index contributed by atoms with van der Waals surface area (Å²) in [5.41, 5.74) is 8.58. The van der Waals surface area contributed by atoms with Gasteiger partial charge in [0, 0.05) is 37.4 Å². The number of carbonyl (C=O) groups excluding carboxylic acids is 1. The minimum atomic E-state index is -0.193. The highest BCUT2D eigenvalue weighted by Gasteiger charge is 2.27. The molecule has 0 aliphatic carbocycles. The first-order chi connectivity index (χ1) is 14.6. The zero-order valence-electron chi connectivity index (χ0n) is 16.7. The zero-order chi connectivity index (χ0) is 21.1. The van der Waals surface area contributed by atoms with Crippen LogP contribution in [0.25, 0.3) is 0 Å². The van der Waals surface area contributed by atoms with Gasteiger partial charge in [-0.25, -0.2) is 0 Å². The fourth-order valence-corrected chi connectivity index (χ4v) is 4.82. The number of nitriles is 1. The number of nitrogens with zero attached hydrogens (tertiary/aromatic N) is 3. The largest absolute Gasteiger partial charge is 0.497 e. The van der Waals surface area contributed by atoms with E-state index in [1.807, 2.05) is 18.2 Å². The third-order valence-corrected chi connectivity index (χ3v) is 6.53. The van der Waals surface area contributed by atoms with Crippen LogP contribution in [0.1, 0.15) is 20.8 Å². The average molecular weight is 419 g/mol. The van der Waals surface area contributed by atoms with Crippen molar-refractivity contribution in [2.75, 3.05) is 48.8 Å². The lowest BCUT2D eigenvalue weighted by atomic mass is 10.1. The highest BCUT2D eigenvalue weighted by Crippen LogP contribution is 2.39. The molecule has 1 aliphatic heterocycles. The predicted molar refractivity (Wildman–Crippen MR) is 121 cm³/mol. The van der Waals surface area contributed by atoms with Gasteiger partial charge in [0.15, 0.2) is 0 Å². The molecule has 3 aromatic rings. The number of hydrogen-bond donors (Lipinski definition) is 1. The smallest absolute Gasteiger partial charge is 0.205 e. The maximum atomic E-state index is 13.1. The molecule has 0 radical (unpaired) electrons. The molecule has 0 amide bonds. The molecule has 0 bridgehead atoms. The third-order valence-electron chi connectivity index (χ3n) is 5.26. The number of methoxy groups -OCH3 is 1. The van der Waals surface area contributed by atoms with E-state index in [1.54, 1.807) is 31.4 Å². The van der Waals surface area contributed by atoms with Crippen molar-refractivity contribution in [2.45, 2.75) is 0 Å². The number of piperazine rings is 1. The van der Waals surface area contributed by atoms with E-state index in [2.05, 4.69) is 28.0 Å². The van der Waals surface area contributed by atoms with Gasteiger partial charge in [-0.3, -0.25) is 4.79 Å². The van der Waals surface area contributed by atoms with E-state index in [4.69, 9.17) is 10.5 Å². The lowest BCUT2D eigenvalue weighted by Crippen LogP contribution is -2.46. The van der Waals surface area contributed by atoms with E-state index in [-0.39, 0.29) is 11.5 Å². The minimum Gasteiger partial charge on any atom is -0.497 e. The Balaban J connectivity index is 1.58. The summed E-state index contributed by atoms with van der Waals surface area (Å²) in [5, 5.41) is 10.5. The second-order valence-electron chi connectivity index (χ2n) is 7.01. The van der Waals surface area contributed by atoms with Crippen LogP contribution in [0.4, 0.5) is 16.4 Å². The van der Waals surface area contributed by atoms with E-state index >= 15 is 0 Å². The number of ether oxygens (including phenoxy) is 1. The van der Waals surface area contributed by atoms with Crippen LogP contribution in [0.2, 0.25) is 0 Å². The van der Waals surface area contributed by atoms with E-state index in [0.717, 1.165) is 31.2 Å². The highest BCUT2D eigenvalue weighted by atomic mass is 32.1. The fraction of sp³-hybridized carbons (Fsp3) is 0.217. The van der Waals surface area contributed by atoms with Gasteiger partial charge in [-0.1, -0.05) is 30.3 Å². The quantitative estimate of drug-likeness (QED) is 0.635. The number of hydrogen-bond acceptors (Lipinski definition) is 7. The summed E-state index contributed by atoms with van der Waals surface area (Å²) in [6, 6.07) is 19.5. The van der Waals surface area contributed by atoms with E-state index in [9.17, 15) is 10.1 Å². The molecule has 1 fully saturated rings. The maximum Gasteiger partial charge on any atom is 0.205 e. The van der Waals surface area contributed by atoms with Crippen LogP contribution < -0.4 is 20.3 Å². The number of ketones is 1. The fourth-order valence-electron chi connectivity index (χ4n) is 3.63. The molecule has 2 aromatic carbocycles. The Morgan fingerprint density at radius 1 is 1.07 bits per heavy atom. The Kier molecular flexibility index (Phi) is 5.59. The minimum absolute atomic E-state index is 0.193. The molecule has 1 aromatic heterocycles. The summed E-state index contributed by atoms with van der Waals surface area (Å²) < 4.78 is 5.22. The molecule has 0 unspecified atom stereocenters. The van der Waals surface area contributed by atoms with Gasteiger partial charge in [-0.05, 0) is 24.3 Å². The lowest BCUT2D eigenvalue weighted by molar-refractivity contribution is 0.104. The summed E-state index contributed by atoms with van der Waals surface area (Å²) in [5.74, 6) is 0.413. The molecule has 2 N–H and O–H groups in total. The second kappa shape index (κ2) is 8.47. The van der Waals surface area contributed by atoms with Crippen molar-refractivity contribution >= 4 is 33.5 Å². The van der Waals surface area contributed by atoms with Crippen LogP contribution in [0.5, 0.6) is 5.75 Å². The van der Waals surface area contributed by atoms with Gasteiger partial charge in [0.2, 0.25) is 5.78 Å². The monoisotopic (exact) mass is 418 g/mol.